The Morgan fingerprint density at radius 1 is 1.15 bits per heavy atom. The molecule has 0 unspecified atom stereocenters. The summed E-state index contributed by atoms with van der Waals surface area (Å²) in [5, 5.41) is 2.96. The Morgan fingerprint density at radius 3 is 2.50 bits per heavy atom. The Hall–Kier alpha value is -1.78. The van der Waals surface area contributed by atoms with Crippen molar-refractivity contribution in [1.82, 2.24) is 0 Å². The van der Waals surface area contributed by atoms with Gasteiger partial charge < -0.3 is 11.1 Å². The van der Waals surface area contributed by atoms with Crippen LogP contribution >= 0.6 is 11.8 Å². The second-order valence-electron chi connectivity index (χ2n) is 4.28. The molecule has 4 heteroatoms. The first-order valence-corrected chi connectivity index (χ1v) is 7.55. The van der Waals surface area contributed by atoms with E-state index in [1.807, 2.05) is 36.4 Å². The van der Waals surface area contributed by atoms with Gasteiger partial charge in [0.05, 0.1) is 5.69 Å². The minimum atomic E-state index is -0.0993. The number of nitrogens with one attached hydrogen (secondary N) is 1. The summed E-state index contributed by atoms with van der Waals surface area (Å²) >= 11 is 1.71. The Balaban J connectivity index is 2.14. The van der Waals surface area contributed by atoms with Crippen molar-refractivity contribution in [2.45, 2.75) is 18.4 Å². The van der Waals surface area contributed by atoms with E-state index >= 15 is 0 Å². The SMILES string of the molecule is CCSc1ccccc1NC(=O)c1ccc(CN)cc1. The maximum Gasteiger partial charge on any atom is 0.255 e. The van der Waals surface area contributed by atoms with Crippen molar-refractivity contribution < 1.29 is 4.79 Å². The van der Waals surface area contributed by atoms with Gasteiger partial charge >= 0.3 is 0 Å². The summed E-state index contributed by atoms with van der Waals surface area (Å²) in [5.41, 5.74) is 8.06. The Morgan fingerprint density at radius 2 is 1.85 bits per heavy atom. The monoisotopic (exact) mass is 286 g/mol. The van der Waals surface area contributed by atoms with Crippen molar-refractivity contribution in [1.29, 1.82) is 0 Å². The number of amides is 1. The molecule has 0 heterocycles. The van der Waals surface area contributed by atoms with Gasteiger partial charge in [0.2, 0.25) is 0 Å². The molecule has 2 aromatic rings. The van der Waals surface area contributed by atoms with Crippen LogP contribution in [0.15, 0.2) is 53.4 Å². The van der Waals surface area contributed by atoms with Gasteiger partial charge in [0.25, 0.3) is 5.91 Å². The number of anilines is 1. The lowest BCUT2D eigenvalue weighted by atomic mass is 10.1. The molecule has 0 radical (unpaired) electrons. The van der Waals surface area contributed by atoms with Crippen LogP contribution in [0.4, 0.5) is 5.69 Å². The van der Waals surface area contributed by atoms with Crippen LogP contribution in [-0.2, 0) is 6.54 Å². The van der Waals surface area contributed by atoms with E-state index in [2.05, 4.69) is 12.2 Å². The Labute approximate surface area is 123 Å². The molecule has 0 bridgehead atoms. The molecule has 0 atom stereocenters. The molecule has 0 aliphatic carbocycles. The van der Waals surface area contributed by atoms with Crippen molar-refractivity contribution in [3.8, 4) is 0 Å². The number of benzene rings is 2. The van der Waals surface area contributed by atoms with Gasteiger partial charge in [-0.05, 0) is 35.6 Å². The van der Waals surface area contributed by atoms with E-state index in [0.29, 0.717) is 12.1 Å². The van der Waals surface area contributed by atoms with Gasteiger partial charge in [0.15, 0.2) is 0 Å². The van der Waals surface area contributed by atoms with Gasteiger partial charge in [-0.25, -0.2) is 0 Å². The molecule has 0 aromatic heterocycles. The molecular weight excluding hydrogens is 268 g/mol. The molecule has 3 nitrogen and oxygen atoms in total. The average Bonchev–Trinajstić information content (AvgIpc) is 2.49. The third-order valence-corrected chi connectivity index (χ3v) is 3.84. The van der Waals surface area contributed by atoms with E-state index < -0.39 is 0 Å². The number of nitrogens with two attached hydrogens (primary N) is 1. The molecule has 0 spiro atoms. The van der Waals surface area contributed by atoms with Gasteiger partial charge in [-0.2, -0.15) is 0 Å². The van der Waals surface area contributed by atoms with E-state index in [1.165, 1.54) is 0 Å². The topological polar surface area (TPSA) is 55.1 Å². The summed E-state index contributed by atoms with van der Waals surface area (Å²) in [5.74, 6) is 0.871. The highest BCUT2D eigenvalue weighted by Crippen LogP contribution is 2.26. The van der Waals surface area contributed by atoms with Crippen molar-refractivity contribution in [2.75, 3.05) is 11.1 Å². The largest absolute Gasteiger partial charge is 0.326 e. The number of hydrogen-bond donors (Lipinski definition) is 2. The molecule has 0 fully saturated rings. The van der Waals surface area contributed by atoms with E-state index in [1.54, 1.807) is 23.9 Å². The molecule has 3 N–H and O–H groups in total. The van der Waals surface area contributed by atoms with E-state index in [4.69, 9.17) is 5.73 Å². The maximum absolute atomic E-state index is 12.2. The number of carbonyl (C=O) groups is 1. The summed E-state index contributed by atoms with van der Waals surface area (Å²) < 4.78 is 0. The predicted molar refractivity (Wildman–Crippen MR) is 85.1 cm³/mol. The predicted octanol–water partition coefficient (Wildman–Crippen LogP) is 3.51. The lowest BCUT2D eigenvalue weighted by Gasteiger charge is -2.10. The molecule has 0 saturated heterocycles. The van der Waals surface area contributed by atoms with Crippen molar-refractivity contribution in [3.05, 3.63) is 59.7 Å². The summed E-state index contributed by atoms with van der Waals surface area (Å²) in [7, 11) is 0. The third kappa shape index (κ3) is 3.62. The number of para-hydroxylation sites is 1. The van der Waals surface area contributed by atoms with Crippen LogP contribution in [0, 0.1) is 0 Å². The zero-order valence-corrected chi connectivity index (χ0v) is 12.2. The molecular formula is C16H18N2OS. The van der Waals surface area contributed by atoms with Gasteiger partial charge in [-0.15, -0.1) is 11.8 Å². The van der Waals surface area contributed by atoms with Crippen LogP contribution in [0.1, 0.15) is 22.8 Å². The lowest BCUT2D eigenvalue weighted by Crippen LogP contribution is -2.12. The number of rotatable bonds is 5. The summed E-state index contributed by atoms with van der Waals surface area (Å²) in [4.78, 5) is 13.3. The molecule has 0 saturated carbocycles. The highest BCUT2D eigenvalue weighted by atomic mass is 32.2. The van der Waals surface area contributed by atoms with Crippen molar-refractivity contribution in [2.24, 2.45) is 5.73 Å². The van der Waals surface area contributed by atoms with Gasteiger partial charge in [0, 0.05) is 17.0 Å². The first-order chi connectivity index (χ1) is 9.74. The molecule has 2 rings (SSSR count). The molecule has 104 valence electrons. The van der Waals surface area contributed by atoms with Crippen LogP contribution in [0.2, 0.25) is 0 Å². The number of hydrogen-bond acceptors (Lipinski definition) is 3. The summed E-state index contributed by atoms with van der Waals surface area (Å²) in [6.45, 7) is 2.58. The van der Waals surface area contributed by atoms with E-state index in [9.17, 15) is 4.79 Å². The Bertz CT molecular complexity index is 581. The number of thioether (sulfide) groups is 1. The zero-order valence-electron chi connectivity index (χ0n) is 11.4. The van der Waals surface area contributed by atoms with Crippen LogP contribution in [0.3, 0.4) is 0 Å². The zero-order chi connectivity index (χ0) is 14.4. The number of carbonyl (C=O) groups excluding carboxylic acids is 1. The van der Waals surface area contributed by atoms with Gasteiger partial charge in [-0.3, -0.25) is 4.79 Å². The summed E-state index contributed by atoms with van der Waals surface area (Å²) in [6, 6.07) is 15.2. The standard InChI is InChI=1S/C16H18N2OS/c1-2-20-15-6-4-3-5-14(15)18-16(19)13-9-7-12(11-17)8-10-13/h3-10H,2,11,17H2,1H3,(H,18,19). The average molecular weight is 286 g/mol. The van der Waals surface area contributed by atoms with Gasteiger partial charge in [0.1, 0.15) is 0 Å². The Kier molecular flexibility index (Phi) is 5.21. The maximum atomic E-state index is 12.2. The molecule has 0 aliphatic rings. The van der Waals surface area contributed by atoms with E-state index in [0.717, 1.165) is 21.9 Å². The minimum Gasteiger partial charge on any atom is -0.326 e. The van der Waals surface area contributed by atoms with Crippen LogP contribution in [0.5, 0.6) is 0 Å². The fourth-order valence-corrected chi connectivity index (χ4v) is 2.60. The van der Waals surface area contributed by atoms with Gasteiger partial charge in [-0.1, -0.05) is 31.2 Å². The van der Waals surface area contributed by atoms with Crippen LogP contribution in [-0.4, -0.2) is 11.7 Å². The van der Waals surface area contributed by atoms with Crippen LogP contribution < -0.4 is 11.1 Å². The summed E-state index contributed by atoms with van der Waals surface area (Å²) in [6.07, 6.45) is 0. The van der Waals surface area contributed by atoms with Crippen molar-refractivity contribution >= 4 is 23.4 Å². The second kappa shape index (κ2) is 7.12. The quantitative estimate of drug-likeness (QED) is 0.827. The lowest BCUT2D eigenvalue weighted by molar-refractivity contribution is 0.102. The fraction of sp³-hybridized carbons (Fsp3) is 0.188. The minimum absolute atomic E-state index is 0.0993. The smallest absolute Gasteiger partial charge is 0.255 e. The third-order valence-electron chi connectivity index (χ3n) is 2.89. The molecule has 0 aliphatic heterocycles. The van der Waals surface area contributed by atoms with E-state index in [-0.39, 0.29) is 5.91 Å². The van der Waals surface area contributed by atoms with Crippen LogP contribution in [0.25, 0.3) is 0 Å². The molecule has 2 aromatic carbocycles. The first kappa shape index (κ1) is 14.6. The van der Waals surface area contributed by atoms with Crippen molar-refractivity contribution in [3.63, 3.8) is 0 Å². The fourth-order valence-electron chi connectivity index (χ4n) is 1.84. The normalized spacial score (nSPS) is 10.3. The highest BCUT2D eigenvalue weighted by Gasteiger charge is 2.08. The first-order valence-electron chi connectivity index (χ1n) is 6.56. The molecule has 1 amide bonds. The highest BCUT2D eigenvalue weighted by molar-refractivity contribution is 7.99. The molecule has 20 heavy (non-hydrogen) atoms. The second-order valence-corrected chi connectivity index (χ2v) is 5.59.